The van der Waals surface area contributed by atoms with Crippen LogP contribution >= 0.6 is 0 Å². The third kappa shape index (κ3) is 3.09. The molecule has 1 aromatic heterocycles. The molecule has 1 saturated heterocycles. The number of hydrogen-bond acceptors (Lipinski definition) is 3. The van der Waals surface area contributed by atoms with Gasteiger partial charge in [0.1, 0.15) is 5.82 Å². The van der Waals surface area contributed by atoms with Crippen LogP contribution in [0.1, 0.15) is 6.42 Å². The summed E-state index contributed by atoms with van der Waals surface area (Å²) in [4.78, 5) is 17.7. The first-order chi connectivity index (χ1) is 8.29. The van der Waals surface area contributed by atoms with Crippen molar-refractivity contribution in [1.29, 1.82) is 0 Å². The maximum atomic E-state index is 11.1. The van der Waals surface area contributed by atoms with Crippen molar-refractivity contribution in [1.82, 2.24) is 15.6 Å². The molecule has 0 radical (unpaired) electrons. The molecule has 1 unspecified atom stereocenters. The van der Waals surface area contributed by atoms with E-state index in [1.54, 1.807) is 7.05 Å². The van der Waals surface area contributed by atoms with Crippen LogP contribution < -0.4 is 15.5 Å². The molecule has 0 spiro atoms. The maximum absolute atomic E-state index is 11.1. The lowest BCUT2D eigenvalue weighted by atomic mass is 10.1. The van der Waals surface area contributed by atoms with E-state index >= 15 is 0 Å². The first-order valence-electron chi connectivity index (χ1n) is 5.91. The summed E-state index contributed by atoms with van der Waals surface area (Å²) in [6.07, 6.45) is 2.91. The molecule has 2 N–H and O–H groups in total. The van der Waals surface area contributed by atoms with E-state index in [4.69, 9.17) is 0 Å². The lowest BCUT2D eigenvalue weighted by molar-refractivity contribution is 0.241. The summed E-state index contributed by atoms with van der Waals surface area (Å²) in [6.45, 7) is 2.70. The number of nitrogens with zero attached hydrogens (tertiary/aromatic N) is 2. The van der Waals surface area contributed by atoms with Gasteiger partial charge < -0.3 is 15.5 Å². The lowest BCUT2D eigenvalue weighted by Gasteiger charge is -2.17. The van der Waals surface area contributed by atoms with E-state index in [2.05, 4.69) is 20.5 Å². The van der Waals surface area contributed by atoms with Crippen LogP contribution in [0.5, 0.6) is 0 Å². The fourth-order valence-electron chi connectivity index (χ4n) is 2.07. The number of carbonyl (C=O) groups excluding carboxylic acids is 1. The Morgan fingerprint density at radius 3 is 3.18 bits per heavy atom. The highest BCUT2D eigenvalue weighted by Crippen LogP contribution is 2.20. The molecule has 17 heavy (non-hydrogen) atoms. The number of pyridine rings is 1. The van der Waals surface area contributed by atoms with Crippen molar-refractivity contribution in [2.75, 3.05) is 31.6 Å². The maximum Gasteiger partial charge on any atom is 0.314 e. The second-order valence-corrected chi connectivity index (χ2v) is 4.25. The number of urea groups is 1. The molecule has 0 saturated carbocycles. The van der Waals surface area contributed by atoms with Gasteiger partial charge in [0, 0.05) is 32.9 Å². The number of anilines is 1. The van der Waals surface area contributed by atoms with Crippen LogP contribution in [0.4, 0.5) is 10.6 Å². The number of nitrogens with one attached hydrogen (secondary N) is 2. The molecule has 0 bridgehead atoms. The molecule has 0 aliphatic carbocycles. The van der Waals surface area contributed by atoms with Gasteiger partial charge in [0.2, 0.25) is 0 Å². The average molecular weight is 234 g/mol. The van der Waals surface area contributed by atoms with E-state index in [-0.39, 0.29) is 6.03 Å². The van der Waals surface area contributed by atoms with Gasteiger partial charge in [-0.2, -0.15) is 0 Å². The predicted octanol–water partition coefficient (Wildman–Crippen LogP) is 0.837. The van der Waals surface area contributed by atoms with Crippen LogP contribution in [0.15, 0.2) is 24.4 Å². The smallest absolute Gasteiger partial charge is 0.314 e. The highest BCUT2D eigenvalue weighted by molar-refractivity contribution is 5.73. The Hall–Kier alpha value is -1.78. The second kappa shape index (κ2) is 5.52. The Bertz CT molecular complexity index is 368. The summed E-state index contributed by atoms with van der Waals surface area (Å²) < 4.78 is 0. The predicted molar refractivity (Wildman–Crippen MR) is 67.0 cm³/mol. The molecular weight excluding hydrogens is 216 g/mol. The van der Waals surface area contributed by atoms with Crippen LogP contribution in [-0.4, -0.2) is 37.7 Å². The summed E-state index contributed by atoms with van der Waals surface area (Å²) >= 11 is 0. The quantitative estimate of drug-likeness (QED) is 0.814. The molecule has 5 nitrogen and oxygen atoms in total. The van der Waals surface area contributed by atoms with E-state index < -0.39 is 0 Å². The molecule has 2 heterocycles. The largest absolute Gasteiger partial charge is 0.356 e. The second-order valence-electron chi connectivity index (χ2n) is 4.25. The van der Waals surface area contributed by atoms with Crippen molar-refractivity contribution in [3.05, 3.63) is 24.4 Å². The fourth-order valence-corrected chi connectivity index (χ4v) is 2.07. The molecule has 92 valence electrons. The Kier molecular flexibility index (Phi) is 3.80. The van der Waals surface area contributed by atoms with Gasteiger partial charge in [-0.3, -0.25) is 0 Å². The number of amides is 2. The molecule has 1 aliphatic heterocycles. The Morgan fingerprint density at radius 1 is 1.59 bits per heavy atom. The van der Waals surface area contributed by atoms with Crippen LogP contribution in [0.2, 0.25) is 0 Å². The molecule has 1 aromatic rings. The summed E-state index contributed by atoms with van der Waals surface area (Å²) in [5.41, 5.74) is 0. The van der Waals surface area contributed by atoms with Crippen LogP contribution in [0, 0.1) is 5.92 Å². The number of rotatable bonds is 3. The Balaban J connectivity index is 1.82. The van der Waals surface area contributed by atoms with Crippen molar-refractivity contribution in [3.8, 4) is 0 Å². The van der Waals surface area contributed by atoms with Crippen LogP contribution in [0.3, 0.4) is 0 Å². The number of aromatic nitrogens is 1. The molecule has 2 rings (SSSR count). The van der Waals surface area contributed by atoms with Gasteiger partial charge in [0.05, 0.1) is 0 Å². The molecule has 2 amide bonds. The minimum Gasteiger partial charge on any atom is -0.356 e. The van der Waals surface area contributed by atoms with Crippen LogP contribution in [0.25, 0.3) is 0 Å². The van der Waals surface area contributed by atoms with Crippen molar-refractivity contribution < 1.29 is 4.79 Å². The molecular formula is C12H18N4O. The van der Waals surface area contributed by atoms with E-state index in [0.29, 0.717) is 5.92 Å². The third-order valence-corrected chi connectivity index (χ3v) is 3.04. The summed E-state index contributed by atoms with van der Waals surface area (Å²) in [6, 6.07) is 5.83. The first kappa shape index (κ1) is 11.7. The fraction of sp³-hybridized carbons (Fsp3) is 0.500. The van der Waals surface area contributed by atoms with Crippen molar-refractivity contribution in [2.45, 2.75) is 6.42 Å². The van der Waals surface area contributed by atoms with Crippen LogP contribution in [-0.2, 0) is 0 Å². The van der Waals surface area contributed by atoms with Gasteiger partial charge >= 0.3 is 6.03 Å². The normalized spacial score (nSPS) is 19.1. The van der Waals surface area contributed by atoms with Gasteiger partial charge in [-0.25, -0.2) is 9.78 Å². The molecule has 1 atom stereocenters. The zero-order valence-corrected chi connectivity index (χ0v) is 10.0. The Morgan fingerprint density at radius 2 is 2.47 bits per heavy atom. The molecule has 0 aromatic carbocycles. The van der Waals surface area contributed by atoms with Crippen molar-refractivity contribution >= 4 is 11.8 Å². The van der Waals surface area contributed by atoms with Gasteiger partial charge in [0.25, 0.3) is 0 Å². The van der Waals surface area contributed by atoms with E-state index in [1.807, 2.05) is 24.4 Å². The van der Waals surface area contributed by atoms with Gasteiger partial charge in [-0.15, -0.1) is 0 Å². The number of hydrogen-bond donors (Lipinski definition) is 2. The summed E-state index contributed by atoms with van der Waals surface area (Å²) in [7, 11) is 1.63. The van der Waals surface area contributed by atoms with E-state index in [0.717, 1.165) is 31.9 Å². The molecule has 5 heteroatoms. The summed E-state index contributed by atoms with van der Waals surface area (Å²) in [5.74, 6) is 1.53. The van der Waals surface area contributed by atoms with Crippen molar-refractivity contribution in [3.63, 3.8) is 0 Å². The highest BCUT2D eigenvalue weighted by atomic mass is 16.2. The summed E-state index contributed by atoms with van der Waals surface area (Å²) in [5, 5.41) is 5.40. The van der Waals surface area contributed by atoms with E-state index in [1.165, 1.54) is 0 Å². The average Bonchev–Trinajstić information content (AvgIpc) is 2.86. The SMILES string of the molecule is CNC(=O)NCC1CCN(c2ccccn2)C1. The molecule has 1 aliphatic rings. The van der Waals surface area contributed by atoms with Gasteiger partial charge in [-0.1, -0.05) is 6.07 Å². The Labute approximate surface area is 101 Å². The zero-order chi connectivity index (χ0) is 12.1. The lowest BCUT2D eigenvalue weighted by Crippen LogP contribution is -2.36. The van der Waals surface area contributed by atoms with Gasteiger partial charge in [0.15, 0.2) is 0 Å². The minimum absolute atomic E-state index is 0.110. The first-order valence-corrected chi connectivity index (χ1v) is 5.91. The zero-order valence-electron chi connectivity index (χ0n) is 10.0. The van der Waals surface area contributed by atoms with E-state index in [9.17, 15) is 4.79 Å². The topological polar surface area (TPSA) is 57.3 Å². The monoisotopic (exact) mass is 234 g/mol. The third-order valence-electron chi connectivity index (χ3n) is 3.04. The van der Waals surface area contributed by atoms with Gasteiger partial charge in [-0.05, 0) is 24.5 Å². The van der Waals surface area contributed by atoms with Crippen molar-refractivity contribution in [2.24, 2.45) is 5.92 Å². The highest BCUT2D eigenvalue weighted by Gasteiger charge is 2.23. The minimum atomic E-state index is -0.110. The standard InChI is InChI=1S/C12H18N4O/c1-13-12(17)15-8-10-5-7-16(9-10)11-4-2-3-6-14-11/h2-4,6,10H,5,7-9H2,1H3,(H2,13,15,17). The molecule has 1 fully saturated rings. The number of carbonyl (C=O) groups is 1.